The van der Waals surface area contributed by atoms with E-state index in [4.69, 9.17) is 14.1 Å². The quantitative estimate of drug-likeness (QED) is 0.851. The third-order valence-corrected chi connectivity index (χ3v) is 4.55. The van der Waals surface area contributed by atoms with Gasteiger partial charge in [0, 0.05) is 33.9 Å². The molecule has 0 saturated carbocycles. The van der Waals surface area contributed by atoms with Crippen LogP contribution in [0, 0.1) is 17.1 Å². The monoisotopic (exact) mass is 348 g/mol. The third kappa shape index (κ3) is 2.88. The Bertz CT molecular complexity index is 1100. The van der Waals surface area contributed by atoms with Crippen molar-refractivity contribution >= 4 is 15.6 Å². The molecule has 0 amide bonds. The Kier molecular flexibility index (Phi) is 3.02. The fraction of sp³-hybridized carbons (Fsp3) is 0.176. The van der Waals surface area contributed by atoms with E-state index >= 15 is 0 Å². The van der Waals surface area contributed by atoms with E-state index in [-0.39, 0.29) is 41.0 Å². The maximum atomic E-state index is 13.6. The van der Waals surface area contributed by atoms with E-state index in [1.807, 2.05) is 0 Å². The summed E-state index contributed by atoms with van der Waals surface area (Å²) in [6.07, 6.45) is -3.14. The smallest absolute Gasteiger partial charge is 0.176 e. The van der Waals surface area contributed by atoms with Gasteiger partial charge in [-0.2, -0.15) is 5.26 Å². The average Bonchev–Trinajstić information content (AvgIpc) is 2.96. The van der Waals surface area contributed by atoms with Crippen LogP contribution in [0.5, 0.6) is 11.5 Å². The summed E-state index contributed by atoms with van der Waals surface area (Å²) >= 11 is 0. The number of sulfone groups is 1. The molecule has 0 radical (unpaired) electrons. The fourth-order valence-corrected chi connectivity index (χ4v) is 3.41. The number of ether oxygens (including phenoxy) is 1. The minimum atomic E-state index is -4.72. The van der Waals surface area contributed by atoms with Gasteiger partial charge in [-0.3, -0.25) is 4.79 Å². The summed E-state index contributed by atoms with van der Waals surface area (Å²) in [5, 5.41) is 8.91. The van der Waals surface area contributed by atoms with Crippen molar-refractivity contribution in [1.82, 2.24) is 0 Å². The SMILES string of the molecule is [2H]C([2H])([2H])S(=O)(=O)c1ccc(Oc2cc(F)cc(C#N)c2)c2c1C(=O)CC2. The lowest BCUT2D eigenvalue weighted by Gasteiger charge is -2.13. The van der Waals surface area contributed by atoms with Crippen molar-refractivity contribution in [3.8, 4) is 17.6 Å². The highest BCUT2D eigenvalue weighted by Crippen LogP contribution is 2.37. The molecule has 1 aliphatic rings. The number of fused-ring (bicyclic) bond motifs is 1. The summed E-state index contributed by atoms with van der Waals surface area (Å²) in [7, 11) is -4.72. The molecular weight excluding hydrogens is 333 g/mol. The highest BCUT2D eigenvalue weighted by Gasteiger charge is 2.30. The third-order valence-electron chi connectivity index (χ3n) is 3.63. The molecule has 0 N–H and O–H groups in total. The predicted molar refractivity (Wildman–Crippen MR) is 83.4 cm³/mol. The maximum Gasteiger partial charge on any atom is 0.176 e. The topological polar surface area (TPSA) is 84.2 Å². The Hall–Kier alpha value is -2.72. The second kappa shape index (κ2) is 5.73. The zero-order valence-corrected chi connectivity index (χ0v) is 13.0. The zero-order chi connectivity index (χ0) is 20.0. The molecule has 0 spiro atoms. The van der Waals surface area contributed by atoms with Crippen molar-refractivity contribution in [2.45, 2.75) is 17.7 Å². The van der Waals surface area contributed by atoms with Crippen molar-refractivity contribution in [3.05, 3.63) is 52.8 Å². The van der Waals surface area contributed by atoms with Crippen LogP contribution in [0.25, 0.3) is 0 Å². The summed E-state index contributed by atoms with van der Waals surface area (Å²) in [5.41, 5.74) is 0.0629. The molecule has 5 nitrogen and oxygen atoms in total. The lowest BCUT2D eigenvalue weighted by atomic mass is 10.1. The van der Waals surface area contributed by atoms with Gasteiger partial charge < -0.3 is 4.74 Å². The number of carbonyl (C=O) groups excluding carboxylic acids is 1. The molecule has 24 heavy (non-hydrogen) atoms. The number of rotatable bonds is 3. The van der Waals surface area contributed by atoms with Gasteiger partial charge in [-0.1, -0.05) is 0 Å². The lowest BCUT2D eigenvalue weighted by molar-refractivity contribution is 0.0991. The van der Waals surface area contributed by atoms with E-state index in [0.29, 0.717) is 0 Å². The van der Waals surface area contributed by atoms with Gasteiger partial charge in [0.1, 0.15) is 17.3 Å². The van der Waals surface area contributed by atoms with Gasteiger partial charge in [-0.15, -0.1) is 0 Å². The first-order valence-corrected chi connectivity index (χ1v) is 8.35. The van der Waals surface area contributed by atoms with Crippen LogP contribution in [0.3, 0.4) is 0 Å². The molecule has 3 rings (SSSR count). The molecule has 0 saturated heterocycles. The molecule has 122 valence electrons. The van der Waals surface area contributed by atoms with Crippen LogP contribution < -0.4 is 4.74 Å². The molecule has 0 unspecified atom stereocenters. The summed E-state index contributed by atoms with van der Waals surface area (Å²) in [6.45, 7) is 0. The molecule has 0 bridgehead atoms. The largest absolute Gasteiger partial charge is 0.457 e. The number of hydrogen-bond donors (Lipinski definition) is 0. The lowest BCUT2D eigenvalue weighted by Crippen LogP contribution is -2.06. The Morgan fingerprint density at radius 1 is 1.29 bits per heavy atom. The Balaban J connectivity index is 2.13. The normalized spacial score (nSPS) is 15.8. The van der Waals surface area contributed by atoms with E-state index in [1.165, 1.54) is 12.1 Å². The number of Topliss-reactive ketones (excluding diaryl/α,β-unsaturated/α-hetero) is 1. The first-order chi connectivity index (χ1) is 12.5. The van der Waals surface area contributed by atoms with E-state index in [9.17, 15) is 17.6 Å². The summed E-state index contributed by atoms with van der Waals surface area (Å²) in [6, 6.07) is 7.37. The molecule has 2 aromatic carbocycles. The standard InChI is InChI=1S/C17H12FNO4S/c1-24(21,22)16-5-4-15(13-2-3-14(20)17(13)16)23-12-7-10(9-19)6-11(18)8-12/h4-8H,2-3H2,1H3/i1D3. The molecule has 7 heteroatoms. The number of nitriles is 1. The number of benzene rings is 2. The molecule has 2 aromatic rings. The van der Waals surface area contributed by atoms with E-state index < -0.39 is 32.5 Å². The summed E-state index contributed by atoms with van der Waals surface area (Å²) in [5.74, 6) is -1.09. The highest BCUT2D eigenvalue weighted by atomic mass is 32.2. The van der Waals surface area contributed by atoms with Crippen molar-refractivity contribution in [1.29, 1.82) is 5.26 Å². The minimum Gasteiger partial charge on any atom is -0.457 e. The minimum absolute atomic E-state index is 0.000437. The van der Waals surface area contributed by atoms with Crippen molar-refractivity contribution in [3.63, 3.8) is 0 Å². The molecule has 0 atom stereocenters. The van der Waals surface area contributed by atoms with Crippen LogP contribution in [0.4, 0.5) is 4.39 Å². The molecule has 0 aliphatic heterocycles. The number of ketones is 1. The number of carbonyl (C=O) groups is 1. The Morgan fingerprint density at radius 2 is 2.08 bits per heavy atom. The van der Waals surface area contributed by atoms with Crippen LogP contribution in [0.2, 0.25) is 0 Å². The van der Waals surface area contributed by atoms with Crippen molar-refractivity contribution in [2.24, 2.45) is 0 Å². The second-order valence-corrected chi connectivity index (χ2v) is 6.68. The zero-order valence-electron chi connectivity index (χ0n) is 15.2. The fourth-order valence-electron chi connectivity index (χ4n) is 2.66. The van der Waals surface area contributed by atoms with Gasteiger partial charge >= 0.3 is 0 Å². The highest BCUT2D eigenvalue weighted by molar-refractivity contribution is 7.90. The maximum absolute atomic E-state index is 13.6. The molecule has 1 aliphatic carbocycles. The van der Waals surface area contributed by atoms with Crippen LogP contribution in [-0.2, 0) is 16.3 Å². The number of halogens is 1. The van der Waals surface area contributed by atoms with Crippen LogP contribution >= 0.6 is 0 Å². The van der Waals surface area contributed by atoms with Gasteiger partial charge in [-0.25, -0.2) is 12.8 Å². The van der Waals surface area contributed by atoms with Gasteiger partial charge in [0.05, 0.1) is 16.5 Å². The van der Waals surface area contributed by atoms with Gasteiger partial charge in [0.2, 0.25) is 0 Å². The first-order valence-electron chi connectivity index (χ1n) is 8.37. The Morgan fingerprint density at radius 3 is 2.79 bits per heavy atom. The molecule has 0 aromatic heterocycles. The van der Waals surface area contributed by atoms with E-state index in [0.717, 1.165) is 18.2 Å². The van der Waals surface area contributed by atoms with Gasteiger partial charge in [0.25, 0.3) is 0 Å². The average molecular weight is 348 g/mol. The number of hydrogen-bond acceptors (Lipinski definition) is 5. The van der Waals surface area contributed by atoms with Gasteiger partial charge in [0.15, 0.2) is 15.6 Å². The predicted octanol–water partition coefficient (Wildman–Crippen LogP) is 3.02. The molecule has 0 fully saturated rings. The Labute approximate surface area is 142 Å². The first kappa shape index (κ1) is 12.7. The molecule has 0 heterocycles. The van der Waals surface area contributed by atoms with Crippen molar-refractivity contribution in [2.75, 3.05) is 6.18 Å². The summed E-state index contributed by atoms with van der Waals surface area (Å²) < 4.78 is 65.5. The van der Waals surface area contributed by atoms with Crippen LogP contribution in [0.15, 0.2) is 35.2 Å². The second-order valence-electron chi connectivity index (χ2n) is 5.23. The van der Waals surface area contributed by atoms with Crippen LogP contribution in [-0.4, -0.2) is 20.4 Å². The van der Waals surface area contributed by atoms with Crippen LogP contribution in [0.1, 0.15) is 32.0 Å². The number of nitrogens with zero attached hydrogens (tertiary/aromatic N) is 1. The van der Waals surface area contributed by atoms with E-state index in [1.54, 1.807) is 6.07 Å². The summed E-state index contributed by atoms with van der Waals surface area (Å²) in [4.78, 5) is 11.6. The molecular formula is C17H12FNO4S. The van der Waals surface area contributed by atoms with Crippen molar-refractivity contribution < 1.29 is 26.5 Å². The van der Waals surface area contributed by atoms with E-state index in [2.05, 4.69) is 0 Å². The van der Waals surface area contributed by atoms with Gasteiger partial charge in [-0.05, 0) is 30.7 Å².